The Balaban J connectivity index is 0.00000484. The summed E-state index contributed by atoms with van der Waals surface area (Å²) in [4.78, 5) is 5.91. The molecular formula is C17H30IN3OS. The summed E-state index contributed by atoms with van der Waals surface area (Å²) in [6.07, 6.45) is 3.39. The third-order valence-electron chi connectivity index (χ3n) is 3.03. The average molecular weight is 451 g/mol. The van der Waals surface area contributed by atoms with Gasteiger partial charge in [-0.15, -0.1) is 35.7 Å². The maximum Gasteiger partial charge on any atom is 0.191 e. The van der Waals surface area contributed by atoms with Crippen LogP contribution in [0.1, 0.15) is 26.2 Å². The summed E-state index contributed by atoms with van der Waals surface area (Å²) in [7, 11) is 1.75. The van der Waals surface area contributed by atoms with Gasteiger partial charge in [0.1, 0.15) is 0 Å². The molecule has 4 nitrogen and oxygen atoms in total. The van der Waals surface area contributed by atoms with Crippen molar-refractivity contribution in [3.05, 3.63) is 30.3 Å². The van der Waals surface area contributed by atoms with Crippen LogP contribution in [-0.4, -0.2) is 45.1 Å². The molecule has 0 aromatic heterocycles. The highest BCUT2D eigenvalue weighted by Gasteiger charge is 1.97. The number of nitrogens with zero attached hydrogens (tertiary/aromatic N) is 1. The number of rotatable bonds is 11. The number of ether oxygens (including phenoxy) is 1. The first-order valence-corrected chi connectivity index (χ1v) is 9.04. The van der Waals surface area contributed by atoms with Gasteiger partial charge in [0.05, 0.1) is 0 Å². The van der Waals surface area contributed by atoms with Gasteiger partial charge >= 0.3 is 0 Å². The van der Waals surface area contributed by atoms with E-state index in [2.05, 4.69) is 46.8 Å². The van der Waals surface area contributed by atoms with Crippen LogP contribution in [0.5, 0.6) is 0 Å². The van der Waals surface area contributed by atoms with Crippen molar-refractivity contribution in [2.45, 2.75) is 31.1 Å². The number of guanidine groups is 1. The molecule has 0 unspecified atom stereocenters. The Kier molecular flexibility index (Phi) is 16.1. The maximum atomic E-state index is 5.05. The van der Waals surface area contributed by atoms with Crippen molar-refractivity contribution in [2.75, 3.05) is 39.1 Å². The molecular weight excluding hydrogens is 421 g/mol. The van der Waals surface area contributed by atoms with Gasteiger partial charge in [-0.25, -0.2) is 0 Å². The second-order valence-corrected chi connectivity index (χ2v) is 6.07. The molecule has 0 aliphatic carbocycles. The quantitative estimate of drug-likeness (QED) is 0.177. The van der Waals surface area contributed by atoms with Crippen LogP contribution >= 0.6 is 35.7 Å². The number of methoxy groups -OCH3 is 1. The molecule has 2 N–H and O–H groups in total. The Bertz CT molecular complexity index is 404. The molecule has 0 saturated heterocycles. The van der Waals surface area contributed by atoms with E-state index >= 15 is 0 Å². The summed E-state index contributed by atoms with van der Waals surface area (Å²) in [5.41, 5.74) is 0. The molecule has 0 saturated carbocycles. The lowest BCUT2D eigenvalue weighted by Crippen LogP contribution is -2.38. The van der Waals surface area contributed by atoms with Crippen molar-refractivity contribution in [1.29, 1.82) is 0 Å². The summed E-state index contributed by atoms with van der Waals surface area (Å²) < 4.78 is 5.05. The number of hydrogen-bond donors (Lipinski definition) is 2. The first-order valence-electron chi connectivity index (χ1n) is 8.05. The standard InChI is InChI=1S/C17H29N3OS.HI/c1-3-18-17(19-12-8-5-9-14-21-2)20-13-15-22-16-10-6-4-7-11-16;/h4,6-7,10-11H,3,5,8-9,12-15H2,1-2H3,(H2,18,19,20);1H. The molecule has 0 amide bonds. The zero-order valence-electron chi connectivity index (χ0n) is 14.2. The van der Waals surface area contributed by atoms with Crippen LogP contribution in [0.2, 0.25) is 0 Å². The number of hydrogen-bond acceptors (Lipinski definition) is 3. The maximum absolute atomic E-state index is 5.05. The van der Waals surface area contributed by atoms with E-state index in [1.807, 2.05) is 17.8 Å². The van der Waals surface area contributed by atoms with Crippen molar-refractivity contribution in [2.24, 2.45) is 4.99 Å². The van der Waals surface area contributed by atoms with E-state index in [0.29, 0.717) is 0 Å². The SMILES string of the molecule is CCNC(=NCCCCCOC)NCCSc1ccccc1.I. The topological polar surface area (TPSA) is 45.7 Å². The highest BCUT2D eigenvalue weighted by molar-refractivity contribution is 14.0. The minimum absolute atomic E-state index is 0. The summed E-state index contributed by atoms with van der Waals surface area (Å²) in [6, 6.07) is 10.5. The molecule has 0 bridgehead atoms. The normalized spacial score (nSPS) is 11.0. The Morgan fingerprint density at radius 1 is 1.13 bits per heavy atom. The van der Waals surface area contributed by atoms with E-state index in [0.717, 1.165) is 50.8 Å². The van der Waals surface area contributed by atoms with Gasteiger partial charge in [0.2, 0.25) is 0 Å². The predicted octanol–water partition coefficient (Wildman–Crippen LogP) is 3.77. The van der Waals surface area contributed by atoms with Crippen LogP contribution in [0.15, 0.2) is 40.2 Å². The summed E-state index contributed by atoms with van der Waals surface area (Å²) in [6.45, 7) is 5.61. The molecule has 0 fully saturated rings. The minimum Gasteiger partial charge on any atom is -0.385 e. The van der Waals surface area contributed by atoms with Crippen LogP contribution in [0, 0.1) is 0 Å². The van der Waals surface area contributed by atoms with Crippen molar-refractivity contribution >= 4 is 41.7 Å². The number of nitrogens with one attached hydrogen (secondary N) is 2. The van der Waals surface area contributed by atoms with Gasteiger partial charge in [0.15, 0.2) is 5.96 Å². The van der Waals surface area contributed by atoms with Gasteiger partial charge in [-0.05, 0) is 38.3 Å². The molecule has 0 aliphatic heterocycles. The van der Waals surface area contributed by atoms with E-state index < -0.39 is 0 Å². The molecule has 0 aliphatic rings. The molecule has 0 heterocycles. The van der Waals surface area contributed by atoms with Gasteiger partial charge in [-0.3, -0.25) is 4.99 Å². The van der Waals surface area contributed by atoms with E-state index in [9.17, 15) is 0 Å². The molecule has 6 heteroatoms. The Hall–Kier alpha value is -0.470. The first kappa shape index (κ1) is 22.5. The predicted molar refractivity (Wildman–Crippen MR) is 112 cm³/mol. The molecule has 0 atom stereocenters. The van der Waals surface area contributed by atoms with E-state index in [-0.39, 0.29) is 24.0 Å². The van der Waals surface area contributed by atoms with Crippen molar-refractivity contribution in [3.8, 4) is 0 Å². The van der Waals surface area contributed by atoms with Crippen LogP contribution in [0.25, 0.3) is 0 Å². The second kappa shape index (κ2) is 16.4. The van der Waals surface area contributed by atoms with Crippen LogP contribution < -0.4 is 10.6 Å². The van der Waals surface area contributed by atoms with Gasteiger partial charge in [-0.2, -0.15) is 0 Å². The number of benzene rings is 1. The number of unbranched alkanes of at least 4 members (excludes halogenated alkanes) is 2. The summed E-state index contributed by atoms with van der Waals surface area (Å²) in [5, 5.41) is 6.67. The van der Waals surface area contributed by atoms with E-state index in [1.165, 1.54) is 11.3 Å². The van der Waals surface area contributed by atoms with Crippen molar-refractivity contribution < 1.29 is 4.74 Å². The fourth-order valence-electron chi connectivity index (χ4n) is 1.92. The smallest absolute Gasteiger partial charge is 0.191 e. The zero-order chi connectivity index (χ0) is 15.9. The molecule has 1 rings (SSSR count). The fraction of sp³-hybridized carbons (Fsp3) is 0.588. The molecule has 0 spiro atoms. The van der Waals surface area contributed by atoms with E-state index in [4.69, 9.17) is 4.74 Å². The number of aliphatic imine (C=N–C) groups is 1. The highest BCUT2D eigenvalue weighted by Crippen LogP contribution is 2.15. The Labute approximate surface area is 162 Å². The minimum atomic E-state index is 0. The van der Waals surface area contributed by atoms with Gasteiger partial charge in [-0.1, -0.05) is 18.2 Å². The van der Waals surface area contributed by atoms with Crippen LogP contribution in [-0.2, 0) is 4.74 Å². The molecule has 1 aromatic carbocycles. The Morgan fingerprint density at radius 2 is 1.91 bits per heavy atom. The van der Waals surface area contributed by atoms with Crippen molar-refractivity contribution in [3.63, 3.8) is 0 Å². The fourth-order valence-corrected chi connectivity index (χ4v) is 2.71. The largest absolute Gasteiger partial charge is 0.385 e. The summed E-state index contributed by atoms with van der Waals surface area (Å²) in [5.74, 6) is 1.95. The van der Waals surface area contributed by atoms with Gasteiger partial charge in [0, 0.05) is 44.0 Å². The van der Waals surface area contributed by atoms with Crippen LogP contribution in [0.3, 0.4) is 0 Å². The third kappa shape index (κ3) is 12.6. The second-order valence-electron chi connectivity index (χ2n) is 4.90. The average Bonchev–Trinajstić information content (AvgIpc) is 2.55. The lowest BCUT2D eigenvalue weighted by atomic mass is 10.2. The van der Waals surface area contributed by atoms with Crippen LogP contribution in [0.4, 0.5) is 0 Å². The van der Waals surface area contributed by atoms with E-state index in [1.54, 1.807) is 7.11 Å². The molecule has 1 aromatic rings. The number of halogens is 1. The number of thioether (sulfide) groups is 1. The third-order valence-corrected chi connectivity index (χ3v) is 4.04. The van der Waals surface area contributed by atoms with Gasteiger partial charge in [0.25, 0.3) is 0 Å². The molecule has 132 valence electrons. The summed E-state index contributed by atoms with van der Waals surface area (Å²) >= 11 is 1.86. The lowest BCUT2D eigenvalue weighted by molar-refractivity contribution is 0.192. The molecule has 0 radical (unpaired) electrons. The van der Waals surface area contributed by atoms with Crippen molar-refractivity contribution in [1.82, 2.24) is 10.6 Å². The first-order chi connectivity index (χ1) is 10.9. The lowest BCUT2D eigenvalue weighted by Gasteiger charge is -2.11. The highest BCUT2D eigenvalue weighted by atomic mass is 127. The monoisotopic (exact) mass is 451 g/mol. The van der Waals surface area contributed by atoms with Gasteiger partial charge < -0.3 is 15.4 Å². The molecule has 23 heavy (non-hydrogen) atoms. The zero-order valence-corrected chi connectivity index (χ0v) is 17.4. The Morgan fingerprint density at radius 3 is 2.61 bits per heavy atom.